The zero-order valence-electron chi connectivity index (χ0n) is 11.8. The van der Waals surface area contributed by atoms with Gasteiger partial charge < -0.3 is 15.1 Å². The van der Waals surface area contributed by atoms with E-state index in [1.54, 1.807) is 18.2 Å². The molecule has 0 saturated heterocycles. The number of carbonyl (C=O) groups is 1. The fourth-order valence-electron chi connectivity index (χ4n) is 1.94. The summed E-state index contributed by atoms with van der Waals surface area (Å²) in [6, 6.07) is 6.81. The van der Waals surface area contributed by atoms with E-state index in [9.17, 15) is 4.79 Å². The van der Waals surface area contributed by atoms with Gasteiger partial charge in [0.15, 0.2) is 0 Å². The van der Waals surface area contributed by atoms with Gasteiger partial charge in [0.2, 0.25) is 0 Å². The topological polar surface area (TPSA) is 54.3 Å². The SMILES string of the molecule is Cc1cc(CNC(=O)NCc2ccc(Cl)cc2Cl)c(C)o1. The summed E-state index contributed by atoms with van der Waals surface area (Å²) in [5.41, 5.74) is 1.78. The monoisotopic (exact) mass is 326 g/mol. The van der Waals surface area contributed by atoms with Crippen LogP contribution in [0.5, 0.6) is 0 Å². The second-order valence-corrected chi connectivity index (χ2v) is 5.55. The summed E-state index contributed by atoms with van der Waals surface area (Å²) in [7, 11) is 0. The third-order valence-corrected chi connectivity index (χ3v) is 3.62. The molecule has 0 radical (unpaired) electrons. The fourth-order valence-corrected chi connectivity index (χ4v) is 2.41. The van der Waals surface area contributed by atoms with E-state index in [4.69, 9.17) is 27.6 Å². The number of furan rings is 1. The zero-order chi connectivity index (χ0) is 15.4. The van der Waals surface area contributed by atoms with E-state index < -0.39 is 0 Å². The predicted octanol–water partition coefficient (Wildman–Crippen LogP) is 4.20. The normalized spacial score (nSPS) is 10.5. The van der Waals surface area contributed by atoms with Gasteiger partial charge in [0, 0.05) is 28.7 Å². The molecule has 0 spiro atoms. The van der Waals surface area contributed by atoms with Crippen LogP contribution in [0.25, 0.3) is 0 Å². The molecular formula is C15H16Cl2N2O2. The first-order chi connectivity index (χ1) is 9.95. The summed E-state index contributed by atoms with van der Waals surface area (Å²) in [6.45, 7) is 4.50. The first kappa shape index (κ1) is 15.7. The van der Waals surface area contributed by atoms with Gasteiger partial charge in [-0.15, -0.1) is 0 Å². The lowest BCUT2D eigenvalue weighted by Gasteiger charge is -2.08. The van der Waals surface area contributed by atoms with Crippen LogP contribution in [-0.2, 0) is 13.1 Å². The number of halogens is 2. The summed E-state index contributed by atoms with van der Waals surface area (Å²) >= 11 is 11.9. The molecule has 21 heavy (non-hydrogen) atoms. The maximum absolute atomic E-state index is 11.8. The van der Waals surface area contributed by atoms with Gasteiger partial charge in [-0.05, 0) is 37.6 Å². The molecular weight excluding hydrogens is 311 g/mol. The Morgan fingerprint density at radius 2 is 1.76 bits per heavy atom. The molecule has 1 aromatic heterocycles. The Bertz CT molecular complexity index is 653. The molecule has 112 valence electrons. The van der Waals surface area contributed by atoms with E-state index in [1.165, 1.54) is 0 Å². The van der Waals surface area contributed by atoms with E-state index >= 15 is 0 Å². The number of hydrogen-bond acceptors (Lipinski definition) is 2. The minimum Gasteiger partial charge on any atom is -0.466 e. The molecule has 0 aliphatic heterocycles. The van der Waals surface area contributed by atoms with Crippen molar-refractivity contribution in [3.05, 3.63) is 57.0 Å². The molecule has 2 amide bonds. The minimum absolute atomic E-state index is 0.265. The quantitative estimate of drug-likeness (QED) is 0.884. The van der Waals surface area contributed by atoms with Crippen LogP contribution < -0.4 is 10.6 Å². The summed E-state index contributed by atoms with van der Waals surface area (Å²) in [6.07, 6.45) is 0. The van der Waals surface area contributed by atoms with Crippen LogP contribution in [-0.4, -0.2) is 6.03 Å². The number of carbonyl (C=O) groups excluding carboxylic acids is 1. The summed E-state index contributed by atoms with van der Waals surface area (Å²) < 4.78 is 5.40. The lowest BCUT2D eigenvalue weighted by molar-refractivity contribution is 0.240. The molecule has 0 bridgehead atoms. The van der Waals surface area contributed by atoms with Crippen molar-refractivity contribution in [2.75, 3.05) is 0 Å². The predicted molar refractivity (Wildman–Crippen MR) is 83.7 cm³/mol. The highest BCUT2D eigenvalue weighted by Gasteiger charge is 2.07. The Morgan fingerprint density at radius 1 is 1.10 bits per heavy atom. The molecule has 1 aromatic carbocycles. The molecule has 2 rings (SSSR count). The molecule has 0 fully saturated rings. The molecule has 1 heterocycles. The van der Waals surface area contributed by atoms with Crippen molar-refractivity contribution in [2.24, 2.45) is 0 Å². The zero-order valence-corrected chi connectivity index (χ0v) is 13.3. The third kappa shape index (κ3) is 4.41. The van der Waals surface area contributed by atoms with Crippen LogP contribution in [0.15, 0.2) is 28.7 Å². The molecule has 0 atom stereocenters. The number of hydrogen-bond donors (Lipinski definition) is 2. The Hall–Kier alpha value is -1.65. The number of nitrogens with one attached hydrogen (secondary N) is 2. The Balaban J connectivity index is 1.83. The highest BCUT2D eigenvalue weighted by molar-refractivity contribution is 6.35. The van der Waals surface area contributed by atoms with Crippen molar-refractivity contribution >= 4 is 29.2 Å². The summed E-state index contributed by atoms with van der Waals surface area (Å²) in [5.74, 6) is 1.64. The smallest absolute Gasteiger partial charge is 0.315 e. The molecule has 0 aliphatic carbocycles. The number of amides is 2. The minimum atomic E-state index is -0.265. The van der Waals surface area contributed by atoms with Gasteiger partial charge in [-0.2, -0.15) is 0 Å². The van der Waals surface area contributed by atoms with Gasteiger partial charge >= 0.3 is 6.03 Å². The fraction of sp³-hybridized carbons (Fsp3) is 0.267. The van der Waals surface area contributed by atoms with E-state index in [1.807, 2.05) is 19.9 Å². The second kappa shape index (κ2) is 6.87. The van der Waals surface area contributed by atoms with Crippen molar-refractivity contribution in [1.29, 1.82) is 0 Å². The van der Waals surface area contributed by atoms with E-state index in [-0.39, 0.29) is 6.03 Å². The maximum Gasteiger partial charge on any atom is 0.315 e. The van der Waals surface area contributed by atoms with Crippen molar-refractivity contribution in [1.82, 2.24) is 10.6 Å². The third-order valence-electron chi connectivity index (χ3n) is 3.04. The first-order valence-corrected chi connectivity index (χ1v) is 7.23. The van der Waals surface area contributed by atoms with Gasteiger partial charge in [0.25, 0.3) is 0 Å². The largest absolute Gasteiger partial charge is 0.466 e. The Labute approximate surface area is 133 Å². The first-order valence-electron chi connectivity index (χ1n) is 6.47. The van der Waals surface area contributed by atoms with E-state index in [0.29, 0.717) is 23.1 Å². The van der Waals surface area contributed by atoms with Crippen LogP contribution >= 0.6 is 23.2 Å². The number of benzene rings is 1. The lowest BCUT2D eigenvalue weighted by atomic mass is 10.2. The highest BCUT2D eigenvalue weighted by Crippen LogP contribution is 2.20. The number of aryl methyl sites for hydroxylation is 2. The number of rotatable bonds is 4. The Kier molecular flexibility index (Phi) is 5.15. The van der Waals surface area contributed by atoms with Crippen LogP contribution in [0.4, 0.5) is 4.79 Å². The highest BCUT2D eigenvalue weighted by atomic mass is 35.5. The van der Waals surface area contributed by atoms with Crippen molar-refractivity contribution in [2.45, 2.75) is 26.9 Å². The molecule has 6 heteroatoms. The van der Waals surface area contributed by atoms with Crippen molar-refractivity contribution in [3.8, 4) is 0 Å². The summed E-state index contributed by atoms with van der Waals surface area (Å²) in [5, 5.41) is 6.62. The van der Waals surface area contributed by atoms with Crippen molar-refractivity contribution in [3.63, 3.8) is 0 Å². The van der Waals surface area contributed by atoms with Crippen LogP contribution in [0, 0.1) is 13.8 Å². The molecule has 4 nitrogen and oxygen atoms in total. The standard InChI is InChI=1S/C15H16Cl2N2O2/c1-9-5-12(10(2)21-9)8-19-15(20)18-7-11-3-4-13(16)6-14(11)17/h3-6H,7-8H2,1-2H3,(H2,18,19,20). The van der Waals surface area contributed by atoms with E-state index in [2.05, 4.69) is 10.6 Å². The second-order valence-electron chi connectivity index (χ2n) is 4.71. The summed E-state index contributed by atoms with van der Waals surface area (Å²) in [4.78, 5) is 11.8. The van der Waals surface area contributed by atoms with Crippen LogP contribution in [0.1, 0.15) is 22.6 Å². The number of urea groups is 1. The van der Waals surface area contributed by atoms with Crippen molar-refractivity contribution < 1.29 is 9.21 Å². The van der Waals surface area contributed by atoms with Crippen LogP contribution in [0.3, 0.4) is 0 Å². The maximum atomic E-state index is 11.8. The van der Waals surface area contributed by atoms with E-state index in [0.717, 1.165) is 22.6 Å². The van der Waals surface area contributed by atoms with Gasteiger partial charge in [0.1, 0.15) is 11.5 Å². The molecule has 2 aromatic rings. The molecule has 0 saturated carbocycles. The van der Waals surface area contributed by atoms with Crippen LogP contribution in [0.2, 0.25) is 10.0 Å². The Morgan fingerprint density at radius 3 is 2.33 bits per heavy atom. The lowest BCUT2D eigenvalue weighted by Crippen LogP contribution is -2.34. The molecule has 0 unspecified atom stereocenters. The molecule has 2 N–H and O–H groups in total. The average molecular weight is 327 g/mol. The van der Waals surface area contributed by atoms with Gasteiger partial charge in [0.05, 0.1) is 0 Å². The van der Waals surface area contributed by atoms with Gasteiger partial charge in [-0.3, -0.25) is 0 Å². The van der Waals surface area contributed by atoms with Gasteiger partial charge in [-0.1, -0.05) is 29.3 Å². The molecule has 0 aliphatic rings. The van der Waals surface area contributed by atoms with Gasteiger partial charge in [-0.25, -0.2) is 4.79 Å². The average Bonchev–Trinajstić information content (AvgIpc) is 2.73.